The number of anilines is 1. The van der Waals surface area contributed by atoms with E-state index in [2.05, 4.69) is 17.4 Å². The van der Waals surface area contributed by atoms with Gasteiger partial charge in [-0.1, -0.05) is 37.8 Å². The summed E-state index contributed by atoms with van der Waals surface area (Å²) in [5.74, 6) is 1.22. The molecule has 2 aromatic rings. The van der Waals surface area contributed by atoms with E-state index in [0.29, 0.717) is 11.8 Å². The Bertz CT molecular complexity index is 756. The van der Waals surface area contributed by atoms with Crippen LogP contribution in [0.1, 0.15) is 81.4 Å². The van der Waals surface area contributed by atoms with Gasteiger partial charge in [0.25, 0.3) is 0 Å². The molecule has 0 atom stereocenters. The standard InChI is InChI=1S/C21H26N2O/c1-14(24)22-19-12-6-11-17-18(15-7-2-3-8-15)13-20(23-21(17)19)16-9-4-5-10-16/h6,11-13,15-16H,2-5,7-10H2,1H3,(H,22,24). The number of amides is 1. The Morgan fingerprint density at radius 3 is 2.38 bits per heavy atom. The van der Waals surface area contributed by atoms with Gasteiger partial charge in [-0.15, -0.1) is 0 Å². The van der Waals surface area contributed by atoms with Crippen LogP contribution in [0.5, 0.6) is 0 Å². The third kappa shape index (κ3) is 2.92. The first-order valence-corrected chi connectivity index (χ1v) is 9.43. The normalized spacial score (nSPS) is 19.2. The SMILES string of the molecule is CC(=O)Nc1cccc2c(C3CCCC3)cc(C3CCCC3)nc12. The lowest BCUT2D eigenvalue weighted by atomic mass is 9.90. The highest BCUT2D eigenvalue weighted by Crippen LogP contribution is 2.41. The second kappa shape index (κ2) is 6.54. The minimum Gasteiger partial charge on any atom is -0.324 e. The van der Waals surface area contributed by atoms with Crippen molar-refractivity contribution >= 4 is 22.5 Å². The first kappa shape index (κ1) is 15.6. The number of hydrogen-bond acceptors (Lipinski definition) is 2. The van der Waals surface area contributed by atoms with Crippen LogP contribution in [-0.4, -0.2) is 10.9 Å². The topological polar surface area (TPSA) is 42.0 Å². The van der Waals surface area contributed by atoms with Gasteiger partial charge in [-0.05, 0) is 49.3 Å². The van der Waals surface area contributed by atoms with Gasteiger partial charge in [0.15, 0.2) is 0 Å². The molecule has 24 heavy (non-hydrogen) atoms. The molecule has 1 N–H and O–H groups in total. The minimum absolute atomic E-state index is 0.0296. The summed E-state index contributed by atoms with van der Waals surface area (Å²) in [6.45, 7) is 1.57. The maximum Gasteiger partial charge on any atom is 0.221 e. The summed E-state index contributed by atoms with van der Waals surface area (Å²) in [5, 5.41) is 4.21. The van der Waals surface area contributed by atoms with E-state index in [9.17, 15) is 4.79 Å². The fourth-order valence-electron chi connectivity index (χ4n) is 4.59. The lowest BCUT2D eigenvalue weighted by Crippen LogP contribution is -2.09. The first-order chi connectivity index (χ1) is 11.7. The van der Waals surface area contributed by atoms with Crippen LogP contribution in [-0.2, 0) is 4.79 Å². The van der Waals surface area contributed by atoms with E-state index in [1.807, 2.05) is 12.1 Å². The Hall–Kier alpha value is -1.90. The second-order valence-corrected chi connectivity index (χ2v) is 7.48. The van der Waals surface area contributed by atoms with Crippen LogP contribution in [0.4, 0.5) is 5.69 Å². The molecule has 2 aliphatic carbocycles. The third-order valence-corrected chi connectivity index (χ3v) is 5.77. The summed E-state index contributed by atoms with van der Waals surface area (Å²) in [6, 6.07) is 8.60. The van der Waals surface area contributed by atoms with Crippen molar-refractivity contribution in [3.8, 4) is 0 Å². The second-order valence-electron chi connectivity index (χ2n) is 7.48. The van der Waals surface area contributed by atoms with E-state index < -0.39 is 0 Å². The average molecular weight is 322 g/mol. The number of fused-ring (bicyclic) bond motifs is 1. The van der Waals surface area contributed by atoms with Gasteiger partial charge in [0, 0.05) is 23.9 Å². The van der Waals surface area contributed by atoms with Crippen molar-refractivity contribution in [2.75, 3.05) is 5.32 Å². The maximum atomic E-state index is 11.6. The Kier molecular flexibility index (Phi) is 4.26. The van der Waals surface area contributed by atoms with Crippen LogP contribution in [0.2, 0.25) is 0 Å². The van der Waals surface area contributed by atoms with Crippen molar-refractivity contribution in [2.24, 2.45) is 0 Å². The molecule has 2 saturated carbocycles. The highest BCUT2D eigenvalue weighted by Gasteiger charge is 2.25. The molecule has 4 rings (SSSR count). The number of carbonyl (C=O) groups is 1. The van der Waals surface area contributed by atoms with Crippen molar-refractivity contribution in [2.45, 2.75) is 70.1 Å². The summed E-state index contributed by atoms with van der Waals surface area (Å²) in [6.07, 6.45) is 10.4. The Balaban J connectivity index is 1.88. The quantitative estimate of drug-likeness (QED) is 0.809. The fourth-order valence-corrected chi connectivity index (χ4v) is 4.59. The van der Waals surface area contributed by atoms with Crippen molar-refractivity contribution in [3.63, 3.8) is 0 Å². The van der Waals surface area contributed by atoms with Gasteiger partial charge in [-0.2, -0.15) is 0 Å². The average Bonchev–Trinajstić information content (AvgIpc) is 3.27. The molecular weight excluding hydrogens is 296 g/mol. The largest absolute Gasteiger partial charge is 0.324 e. The molecule has 0 radical (unpaired) electrons. The fraction of sp³-hybridized carbons (Fsp3) is 0.524. The summed E-state index contributed by atoms with van der Waals surface area (Å²) in [5.41, 5.74) is 4.56. The molecule has 0 spiro atoms. The molecule has 1 aromatic carbocycles. The van der Waals surface area contributed by atoms with Crippen LogP contribution in [0.25, 0.3) is 10.9 Å². The number of hydrogen-bond donors (Lipinski definition) is 1. The van der Waals surface area contributed by atoms with Gasteiger partial charge >= 0.3 is 0 Å². The van der Waals surface area contributed by atoms with Crippen LogP contribution in [0.15, 0.2) is 24.3 Å². The van der Waals surface area contributed by atoms with Gasteiger partial charge < -0.3 is 5.32 Å². The number of para-hydroxylation sites is 1. The van der Waals surface area contributed by atoms with E-state index in [1.54, 1.807) is 6.92 Å². The molecule has 3 nitrogen and oxygen atoms in total. The van der Waals surface area contributed by atoms with Gasteiger partial charge in [0.1, 0.15) is 0 Å². The number of rotatable bonds is 3. The number of pyridine rings is 1. The van der Waals surface area contributed by atoms with E-state index in [-0.39, 0.29) is 5.91 Å². The number of nitrogens with one attached hydrogen (secondary N) is 1. The number of nitrogens with zero attached hydrogens (tertiary/aromatic N) is 1. The highest BCUT2D eigenvalue weighted by molar-refractivity contribution is 6.00. The van der Waals surface area contributed by atoms with Gasteiger partial charge in [-0.3, -0.25) is 9.78 Å². The zero-order valence-corrected chi connectivity index (χ0v) is 14.5. The van der Waals surface area contributed by atoms with Crippen molar-refractivity contribution < 1.29 is 4.79 Å². The van der Waals surface area contributed by atoms with E-state index in [4.69, 9.17) is 4.98 Å². The zero-order valence-electron chi connectivity index (χ0n) is 14.5. The number of benzene rings is 1. The molecule has 0 bridgehead atoms. The van der Waals surface area contributed by atoms with Gasteiger partial charge in [0.2, 0.25) is 5.91 Å². The summed E-state index contributed by atoms with van der Waals surface area (Å²) < 4.78 is 0. The smallest absolute Gasteiger partial charge is 0.221 e. The molecule has 0 aliphatic heterocycles. The predicted molar refractivity (Wildman–Crippen MR) is 98.5 cm³/mol. The van der Waals surface area contributed by atoms with E-state index in [0.717, 1.165) is 11.2 Å². The van der Waals surface area contributed by atoms with Crippen molar-refractivity contribution in [1.82, 2.24) is 4.98 Å². The summed E-state index contributed by atoms with van der Waals surface area (Å²) in [7, 11) is 0. The van der Waals surface area contributed by atoms with Gasteiger partial charge in [-0.25, -0.2) is 0 Å². The molecule has 2 aliphatic rings. The number of aromatic nitrogens is 1. The lowest BCUT2D eigenvalue weighted by Gasteiger charge is -2.19. The Morgan fingerprint density at radius 2 is 1.71 bits per heavy atom. The third-order valence-electron chi connectivity index (χ3n) is 5.77. The first-order valence-electron chi connectivity index (χ1n) is 9.43. The van der Waals surface area contributed by atoms with Gasteiger partial charge in [0.05, 0.1) is 11.2 Å². The Labute approximate surface area is 143 Å². The molecule has 126 valence electrons. The minimum atomic E-state index is -0.0296. The maximum absolute atomic E-state index is 11.6. The Morgan fingerprint density at radius 1 is 1.04 bits per heavy atom. The summed E-state index contributed by atoms with van der Waals surface area (Å²) in [4.78, 5) is 16.6. The van der Waals surface area contributed by atoms with Crippen LogP contribution in [0, 0.1) is 0 Å². The lowest BCUT2D eigenvalue weighted by molar-refractivity contribution is -0.114. The van der Waals surface area contributed by atoms with E-state index in [1.165, 1.54) is 68.0 Å². The molecular formula is C21H26N2O. The van der Waals surface area contributed by atoms with Crippen molar-refractivity contribution in [1.29, 1.82) is 0 Å². The monoisotopic (exact) mass is 322 g/mol. The molecule has 1 amide bonds. The number of carbonyl (C=O) groups excluding carboxylic acids is 1. The van der Waals surface area contributed by atoms with Crippen LogP contribution >= 0.6 is 0 Å². The van der Waals surface area contributed by atoms with E-state index >= 15 is 0 Å². The molecule has 2 fully saturated rings. The molecule has 3 heteroatoms. The molecule has 0 saturated heterocycles. The zero-order chi connectivity index (χ0) is 16.5. The highest BCUT2D eigenvalue weighted by atomic mass is 16.1. The summed E-state index contributed by atoms with van der Waals surface area (Å²) >= 11 is 0. The molecule has 0 unspecified atom stereocenters. The predicted octanol–water partition coefficient (Wildman–Crippen LogP) is 5.51. The van der Waals surface area contributed by atoms with Crippen LogP contribution in [0.3, 0.4) is 0 Å². The molecule has 1 aromatic heterocycles. The molecule has 1 heterocycles. The van der Waals surface area contributed by atoms with Crippen LogP contribution < -0.4 is 5.32 Å². The van der Waals surface area contributed by atoms with Crippen molar-refractivity contribution in [3.05, 3.63) is 35.5 Å².